The molecule has 8 heteroatoms. The molecule has 0 radical (unpaired) electrons. The maximum atomic E-state index is 10.6. The largest absolute Gasteiger partial charge is 0.478 e. The summed E-state index contributed by atoms with van der Waals surface area (Å²) in [6.45, 7) is 21.1. The summed E-state index contributed by atoms with van der Waals surface area (Å²) in [7, 11) is 0. The molecule has 4 aromatic rings. The normalized spacial score (nSPS) is 11.7. The number of carbonyl (C=O) groups is 1. The van der Waals surface area contributed by atoms with Crippen molar-refractivity contribution in [3.63, 3.8) is 0 Å². The molecule has 0 amide bonds. The highest BCUT2D eigenvalue weighted by Gasteiger charge is 2.13. The molecule has 8 nitrogen and oxygen atoms in total. The van der Waals surface area contributed by atoms with E-state index in [0.717, 1.165) is 11.3 Å². The maximum Gasteiger partial charge on any atom is 0.335 e. The first-order valence-corrected chi connectivity index (χ1v) is 14.0. The Morgan fingerprint density at radius 2 is 1.40 bits per heavy atom. The number of aromatic nitrogens is 4. The van der Waals surface area contributed by atoms with Crippen molar-refractivity contribution in [2.75, 3.05) is 5.32 Å². The molecule has 1 aromatic heterocycles. The van der Waals surface area contributed by atoms with Crippen molar-refractivity contribution in [1.82, 2.24) is 20.6 Å². The quantitative estimate of drug-likeness (QED) is 0.214. The zero-order valence-corrected chi connectivity index (χ0v) is 26.6. The van der Waals surface area contributed by atoms with Crippen LogP contribution in [0.5, 0.6) is 0 Å². The molecule has 0 saturated carbocycles. The number of carboxylic acid groups (broad SMARTS) is 1. The van der Waals surface area contributed by atoms with Gasteiger partial charge in [-0.2, -0.15) is 5.21 Å². The summed E-state index contributed by atoms with van der Waals surface area (Å²) >= 11 is 0. The SMILES string of the molecule is CC(C)(C)Nc1ccc(C(=O)O)cc1.CC(C)(C)c1ccc(-c2nn[nH]n2)cc1.Cc1ccc(C=NC(C)(C)C)cc1. The second-order valence-electron chi connectivity index (χ2n) is 13.2. The molecule has 0 aliphatic carbocycles. The standard InChI is InChI=1S/C12H17N.C11H14N4.C11H15NO2/c1-10-5-7-11(8-6-10)9-13-12(2,3)4;1-11(2,3)9-6-4-8(5-7-9)10-12-14-15-13-10;1-11(2,3)12-9-6-4-8(5-7-9)10(13)14/h5-9H,1-4H3;4-7H,1-3H3,(H,12,13,14,15);4-7,12H,1-3H3,(H,13,14). The lowest BCUT2D eigenvalue weighted by molar-refractivity contribution is 0.0697. The smallest absolute Gasteiger partial charge is 0.335 e. The lowest BCUT2D eigenvalue weighted by Crippen LogP contribution is -2.25. The van der Waals surface area contributed by atoms with Gasteiger partial charge in [0, 0.05) is 23.0 Å². The summed E-state index contributed by atoms with van der Waals surface area (Å²) in [6.07, 6.45) is 1.93. The Morgan fingerprint density at radius 1 is 0.833 bits per heavy atom. The summed E-state index contributed by atoms with van der Waals surface area (Å²) in [5.41, 5.74) is 6.16. The number of anilines is 1. The van der Waals surface area contributed by atoms with Gasteiger partial charge in [0.1, 0.15) is 0 Å². The molecule has 1 heterocycles. The number of carboxylic acids is 1. The number of hydrogen-bond acceptors (Lipinski definition) is 6. The van der Waals surface area contributed by atoms with Crippen molar-refractivity contribution in [3.8, 4) is 11.4 Å². The third-order valence-corrected chi connectivity index (χ3v) is 5.68. The zero-order chi connectivity index (χ0) is 31.6. The summed E-state index contributed by atoms with van der Waals surface area (Å²) < 4.78 is 0. The van der Waals surface area contributed by atoms with Crippen LogP contribution in [0, 0.1) is 6.92 Å². The number of aliphatic imine (C=N–C) groups is 1. The fourth-order valence-corrected chi connectivity index (χ4v) is 3.45. The van der Waals surface area contributed by atoms with Crippen molar-refractivity contribution in [2.24, 2.45) is 4.99 Å². The molecule has 4 rings (SSSR count). The van der Waals surface area contributed by atoms with E-state index in [0.29, 0.717) is 11.4 Å². The molecular weight excluding hydrogens is 524 g/mol. The molecule has 0 aliphatic rings. The fourth-order valence-electron chi connectivity index (χ4n) is 3.45. The van der Waals surface area contributed by atoms with E-state index in [4.69, 9.17) is 5.11 Å². The van der Waals surface area contributed by atoms with E-state index in [2.05, 4.69) is 137 Å². The number of H-pyrrole nitrogens is 1. The minimum Gasteiger partial charge on any atom is -0.478 e. The number of aromatic carboxylic acids is 1. The van der Waals surface area contributed by atoms with E-state index >= 15 is 0 Å². The van der Waals surface area contributed by atoms with Gasteiger partial charge >= 0.3 is 5.97 Å². The first kappa shape index (κ1) is 33.9. The molecule has 0 aliphatic heterocycles. The average molecular weight is 571 g/mol. The van der Waals surface area contributed by atoms with E-state index in [1.165, 1.54) is 16.7 Å². The second-order valence-corrected chi connectivity index (χ2v) is 13.2. The highest BCUT2D eigenvalue weighted by atomic mass is 16.4. The van der Waals surface area contributed by atoms with Crippen molar-refractivity contribution < 1.29 is 9.90 Å². The molecular formula is C34H46N6O2. The van der Waals surface area contributed by atoms with Crippen LogP contribution in [-0.4, -0.2) is 49.0 Å². The van der Waals surface area contributed by atoms with Gasteiger partial charge in [-0.15, -0.1) is 10.2 Å². The Kier molecular flexibility index (Phi) is 11.7. The Labute approximate surface area is 250 Å². The lowest BCUT2D eigenvalue weighted by atomic mass is 9.87. The van der Waals surface area contributed by atoms with Gasteiger partial charge in [0.05, 0.1) is 11.1 Å². The average Bonchev–Trinajstić information content (AvgIpc) is 3.43. The number of rotatable bonds is 4. The lowest BCUT2D eigenvalue weighted by Gasteiger charge is -2.22. The number of aryl methyl sites for hydroxylation is 1. The van der Waals surface area contributed by atoms with Gasteiger partial charge in [-0.1, -0.05) is 74.9 Å². The van der Waals surface area contributed by atoms with Crippen LogP contribution < -0.4 is 5.32 Å². The molecule has 0 fully saturated rings. The van der Waals surface area contributed by atoms with Crippen LogP contribution >= 0.6 is 0 Å². The summed E-state index contributed by atoms with van der Waals surface area (Å²) in [4.78, 5) is 15.0. The third kappa shape index (κ3) is 12.9. The van der Waals surface area contributed by atoms with E-state index in [1.54, 1.807) is 24.3 Å². The van der Waals surface area contributed by atoms with E-state index < -0.39 is 5.97 Å². The Bertz CT molecular complexity index is 1390. The number of tetrazole rings is 1. The molecule has 3 N–H and O–H groups in total. The van der Waals surface area contributed by atoms with Gasteiger partial charge in [0.25, 0.3) is 0 Å². The van der Waals surface area contributed by atoms with Crippen LogP contribution in [0.25, 0.3) is 11.4 Å². The van der Waals surface area contributed by atoms with Gasteiger partial charge < -0.3 is 10.4 Å². The molecule has 0 saturated heterocycles. The Morgan fingerprint density at radius 3 is 1.83 bits per heavy atom. The number of benzene rings is 3. The minimum absolute atomic E-state index is 0.00919. The third-order valence-electron chi connectivity index (χ3n) is 5.68. The monoisotopic (exact) mass is 570 g/mol. The van der Waals surface area contributed by atoms with Crippen LogP contribution in [-0.2, 0) is 5.41 Å². The van der Waals surface area contributed by atoms with E-state index in [9.17, 15) is 4.79 Å². The summed E-state index contributed by atoms with van der Waals surface area (Å²) in [5, 5.41) is 25.8. The van der Waals surface area contributed by atoms with Gasteiger partial charge in [-0.25, -0.2) is 4.79 Å². The first-order chi connectivity index (χ1) is 19.4. The van der Waals surface area contributed by atoms with Gasteiger partial charge in [-0.05, 0) is 94.5 Å². The Hall–Kier alpha value is -4.33. The van der Waals surface area contributed by atoms with Crippen LogP contribution in [0.15, 0.2) is 77.8 Å². The molecule has 0 bridgehead atoms. The van der Waals surface area contributed by atoms with E-state index in [1.807, 2.05) is 18.3 Å². The molecule has 0 atom stereocenters. The number of nitrogens with zero attached hydrogens (tertiary/aromatic N) is 4. The van der Waals surface area contributed by atoms with E-state index in [-0.39, 0.29) is 16.5 Å². The highest BCUT2D eigenvalue weighted by Crippen LogP contribution is 2.24. The Balaban J connectivity index is 0.000000221. The number of hydrogen-bond donors (Lipinski definition) is 3. The van der Waals surface area contributed by atoms with Crippen LogP contribution in [0.1, 0.15) is 89.4 Å². The zero-order valence-electron chi connectivity index (χ0n) is 26.6. The van der Waals surface area contributed by atoms with Crippen molar-refractivity contribution >= 4 is 17.9 Å². The molecule has 0 unspecified atom stereocenters. The maximum absolute atomic E-state index is 10.6. The topological polar surface area (TPSA) is 116 Å². The summed E-state index contributed by atoms with van der Waals surface area (Å²) in [6, 6.07) is 23.4. The van der Waals surface area contributed by atoms with Gasteiger partial charge in [-0.3, -0.25) is 4.99 Å². The molecule has 0 spiro atoms. The van der Waals surface area contributed by atoms with Crippen LogP contribution in [0.4, 0.5) is 5.69 Å². The minimum atomic E-state index is -0.896. The highest BCUT2D eigenvalue weighted by molar-refractivity contribution is 5.88. The predicted octanol–water partition coefficient (Wildman–Crippen LogP) is 7.97. The predicted molar refractivity (Wildman–Crippen MR) is 174 cm³/mol. The first-order valence-electron chi connectivity index (χ1n) is 14.0. The van der Waals surface area contributed by atoms with Crippen LogP contribution in [0.3, 0.4) is 0 Å². The van der Waals surface area contributed by atoms with Gasteiger partial charge in [0.15, 0.2) is 0 Å². The fraction of sp³-hybridized carbons (Fsp3) is 0.382. The number of aromatic amines is 1. The van der Waals surface area contributed by atoms with Crippen molar-refractivity contribution in [3.05, 3.63) is 95.1 Å². The van der Waals surface area contributed by atoms with Gasteiger partial charge in [0.2, 0.25) is 5.82 Å². The molecule has 42 heavy (non-hydrogen) atoms. The number of nitrogens with one attached hydrogen (secondary N) is 2. The summed E-state index contributed by atoms with van der Waals surface area (Å²) in [5.74, 6) is -0.261. The second kappa shape index (κ2) is 14.5. The molecule has 3 aromatic carbocycles. The van der Waals surface area contributed by atoms with Crippen molar-refractivity contribution in [2.45, 2.75) is 85.7 Å². The van der Waals surface area contributed by atoms with Crippen LogP contribution in [0.2, 0.25) is 0 Å². The molecule has 224 valence electrons. The van der Waals surface area contributed by atoms with Crippen molar-refractivity contribution in [1.29, 1.82) is 0 Å².